The number of hydrogen-bond donors (Lipinski definition) is 5. The zero-order chi connectivity index (χ0) is 53.3. The third-order valence-electron chi connectivity index (χ3n) is 13.6. The number of hydrogen-bond acceptors (Lipinski definition) is 10. The Kier molecular flexibility index (Phi) is 19.6. The summed E-state index contributed by atoms with van der Waals surface area (Å²) in [6.45, 7) is 2.55. The first kappa shape index (κ1) is 56.8. The summed E-state index contributed by atoms with van der Waals surface area (Å²) >= 11 is 15.4. The van der Waals surface area contributed by atoms with Crippen molar-refractivity contribution in [3.63, 3.8) is 0 Å². The van der Waals surface area contributed by atoms with Gasteiger partial charge >= 0.3 is 0 Å². The Bertz CT molecular complexity index is 3140. The molecule has 5 aromatic rings. The van der Waals surface area contributed by atoms with E-state index in [1.807, 2.05) is 48.5 Å². The predicted octanol–water partition coefficient (Wildman–Crippen LogP) is 10.0. The van der Waals surface area contributed by atoms with Crippen LogP contribution in [0.15, 0.2) is 116 Å². The first-order chi connectivity index (χ1) is 36.0. The zero-order valence-corrected chi connectivity index (χ0v) is 49.0. The molecule has 2 heterocycles. The highest BCUT2D eigenvalue weighted by molar-refractivity contribution is 14.1. The Balaban J connectivity index is 0.840. The van der Waals surface area contributed by atoms with E-state index >= 15 is 0 Å². The van der Waals surface area contributed by atoms with Crippen LogP contribution in [0.5, 0.6) is 5.75 Å². The maximum atomic E-state index is 14.6. The van der Waals surface area contributed by atoms with Gasteiger partial charge in [0.25, 0.3) is 17.7 Å². The smallest absolute Gasteiger partial charge is 0.257 e. The maximum Gasteiger partial charge on any atom is 0.257 e. The minimum absolute atomic E-state index is 0.00461. The second kappa shape index (κ2) is 25.8. The maximum absolute atomic E-state index is 14.6. The standard InChI is InChI=1S/C54H59Br2ClIN7O8S2/c1-59-50-29-37(10-18-44(50)53(67)62-23-5-4-22-61-51(66)34-73-52-47(55)27-38(28-48(52)56)26-46-45-30-40(58)13-19-49(45)63-54(46)68)32-64(31-36-20-24-60-25-21-36)74(69,70)42-14-16-43(17-15-42)75(71,72)65(41-6-2-3-7-41)33-35-8-11-39(57)12-9-35/h8-19,26-30,36,41,59-60H,2-7,20-25,31-34H2,1H3,(H,61,66)(H,62,67)(H,63,68)/b46-26-. The van der Waals surface area contributed by atoms with Crippen LogP contribution in [-0.4, -0.2) is 95.6 Å². The van der Waals surface area contributed by atoms with E-state index in [0.717, 1.165) is 77.6 Å². The van der Waals surface area contributed by atoms with E-state index in [1.54, 1.807) is 41.7 Å². The molecule has 0 atom stereocenters. The lowest BCUT2D eigenvalue weighted by Gasteiger charge is -2.30. The molecule has 15 nitrogen and oxygen atoms in total. The van der Waals surface area contributed by atoms with Gasteiger partial charge in [-0.05, 0) is 214 Å². The normalized spacial score (nSPS) is 15.8. The van der Waals surface area contributed by atoms with Crippen molar-refractivity contribution in [3.8, 4) is 5.75 Å². The van der Waals surface area contributed by atoms with Gasteiger partial charge in [0.1, 0.15) is 5.75 Å². The number of carbonyl (C=O) groups excluding carboxylic acids is 3. The van der Waals surface area contributed by atoms with E-state index in [9.17, 15) is 31.2 Å². The van der Waals surface area contributed by atoms with Crippen LogP contribution in [0.25, 0.3) is 11.6 Å². The molecule has 2 fully saturated rings. The molecule has 0 spiro atoms. The lowest BCUT2D eigenvalue weighted by molar-refractivity contribution is -0.123. The molecule has 398 valence electrons. The molecular formula is C54H59Br2ClIN7O8S2. The van der Waals surface area contributed by atoms with Crippen LogP contribution in [-0.2, 0) is 42.7 Å². The molecule has 3 amide bonds. The van der Waals surface area contributed by atoms with Gasteiger partial charge in [0, 0.05) is 76.9 Å². The van der Waals surface area contributed by atoms with Crippen molar-refractivity contribution in [1.29, 1.82) is 0 Å². The van der Waals surface area contributed by atoms with Crippen molar-refractivity contribution in [1.82, 2.24) is 24.6 Å². The first-order valence-corrected chi connectivity index (χ1v) is 30.8. The minimum atomic E-state index is -4.11. The highest BCUT2D eigenvalue weighted by Crippen LogP contribution is 2.39. The summed E-state index contributed by atoms with van der Waals surface area (Å²) in [6, 6.07) is 27.2. The van der Waals surface area contributed by atoms with Crippen molar-refractivity contribution >= 4 is 127 Å². The van der Waals surface area contributed by atoms with Crippen molar-refractivity contribution in [3.05, 3.63) is 142 Å². The monoisotopic (exact) mass is 1320 g/mol. The number of sulfonamides is 2. The number of piperidine rings is 1. The first-order valence-electron chi connectivity index (χ1n) is 24.9. The van der Waals surface area contributed by atoms with Gasteiger partial charge in [-0.3, -0.25) is 14.4 Å². The third-order valence-corrected chi connectivity index (χ3v) is 19.4. The van der Waals surface area contributed by atoms with Gasteiger partial charge in [0.05, 0.1) is 24.3 Å². The fourth-order valence-electron chi connectivity index (χ4n) is 9.57. The molecule has 8 rings (SSSR count). The minimum Gasteiger partial charge on any atom is -0.481 e. The van der Waals surface area contributed by atoms with Gasteiger partial charge in [-0.15, -0.1) is 0 Å². The number of nitrogens with zero attached hydrogens (tertiary/aromatic N) is 2. The van der Waals surface area contributed by atoms with Crippen LogP contribution in [0.2, 0.25) is 5.02 Å². The molecule has 21 heteroatoms. The topological polar surface area (TPSA) is 195 Å². The van der Waals surface area contributed by atoms with Crippen molar-refractivity contribution in [2.24, 2.45) is 5.92 Å². The summed E-state index contributed by atoms with van der Waals surface area (Å²) in [7, 11) is -6.40. The van der Waals surface area contributed by atoms with Gasteiger partial charge in [-0.25, -0.2) is 16.8 Å². The number of nitrogens with one attached hydrogen (secondary N) is 5. The van der Waals surface area contributed by atoms with Gasteiger partial charge < -0.3 is 31.3 Å². The van der Waals surface area contributed by atoms with Crippen molar-refractivity contribution in [2.75, 3.05) is 57.0 Å². The molecule has 0 aromatic heterocycles. The Hall–Kier alpha value is -4.39. The van der Waals surface area contributed by atoms with Crippen molar-refractivity contribution < 1.29 is 36.0 Å². The molecule has 5 aromatic carbocycles. The van der Waals surface area contributed by atoms with Crippen LogP contribution in [0.4, 0.5) is 11.4 Å². The summed E-state index contributed by atoms with van der Waals surface area (Å²) in [5, 5.41) is 15.7. The summed E-state index contributed by atoms with van der Waals surface area (Å²) in [5.74, 6) is -0.239. The Labute approximate surface area is 474 Å². The Morgan fingerprint density at radius 1 is 0.800 bits per heavy atom. The second-order valence-electron chi connectivity index (χ2n) is 18.8. The van der Waals surface area contributed by atoms with E-state index in [-0.39, 0.29) is 65.7 Å². The molecule has 3 aliphatic rings. The zero-order valence-electron chi connectivity index (χ0n) is 41.3. The van der Waals surface area contributed by atoms with E-state index in [1.165, 1.54) is 28.6 Å². The van der Waals surface area contributed by atoms with Crippen LogP contribution >= 0.6 is 66.1 Å². The molecule has 1 saturated carbocycles. The Morgan fingerprint density at radius 2 is 1.44 bits per heavy atom. The number of rotatable bonds is 22. The highest BCUT2D eigenvalue weighted by atomic mass is 127. The van der Waals surface area contributed by atoms with E-state index < -0.39 is 20.0 Å². The van der Waals surface area contributed by atoms with Crippen LogP contribution in [0, 0.1) is 9.49 Å². The quantitative estimate of drug-likeness (QED) is 0.0253. The van der Waals surface area contributed by atoms with Crippen molar-refractivity contribution in [2.45, 2.75) is 80.3 Å². The second-order valence-corrected chi connectivity index (χ2v) is 26.0. The summed E-state index contributed by atoms with van der Waals surface area (Å²) < 4.78 is 68.8. The molecule has 5 N–H and O–H groups in total. The number of benzene rings is 5. The number of unbranched alkanes of at least 4 members (excludes halogenated alkanes) is 1. The molecular weight excluding hydrogens is 1260 g/mol. The van der Waals surface area contributed by atoms with E-state index in [2.05, 4.69) is 81.0 Å². The molecule has 1 saturated heterocycles. The largest absolute Gasteiger partial charge is 0.481 e. The average Bonchev–Trinajstić information content (AvgIpc) is 4.04. The molecule has 2 aliphatic heterocycles. The van der Waals surface area contributed by atoms with Gasteiger partial charge in [0.2, 0.25) is 20.0 Å². The number of halogens is 4. The average molecular weight is 1320 g/mol. The third kappa shape index (κ3) is 14.4. The number of anilines is 2. The van der Waals surface area contributed by atoms with Crippen LogP contribution in [0.1, 0.15) is 84.0 Å². The SMILES string of the molecule is CNc1cc(CN(CC2CCNCC2)S(=O)(=O)c2ccc(S(=O)(=O)N(Cc3ccc(Cl)cc3)C3CCCC3)cc2)ccc1C(=O)NCCCCNC(=O)COc1c(Br)cc(/C=C2\C(=O)Nc3ccc(I)cc32)cc1Br. The van der Waals surface area contributed by atoms with Crippen LogP contribution in [0.3, 0.4) is 0 Å². The fraction of sp³-hybridized carbons (Fsp3) is 0.352. The predicted molar refractivity (Wildman–Crippen MR) is 310 cm³/mol. The highest BCUT2D eigenvalue weighted by Gasteiger charge is 2.35. The molecule has 1 aliphatic carbocycles. The molecule has 75 heavy (non-hydrogen) atoms. The number of carbonyl (C=O) groups is 3. The van der Waals surface area contributed by atoms with Gasteiger partial charge in [-0.1, -0.05) is 42.6 Å². The lowest BCUT2D eigenvalue weighted by Crippen LogP contribution is -2.39. The van der Waals surface area contributed by atoms with Crippen LogP contribution < -0.4 is 31.3 Å². The van der Waals surface area contributed by atoms with E-state index in [4.69, 9.17) is 16.3 Å². The molecule has 0 bridgehead atoms. The number of ether oxygens (including phenoxy) is 1. The fourth-order valence-corrected chi connectivity index (χ4v) is 14.8. The molecule has 0 radical (unpaired) electrons. The summed E-state index contributed by atoms with van der Waals surface area (Å²) in [6.07, 6.45) is 7.99. The summed E-state index contributed by atoms with van der Waals surface area (Å²) in [4.78, 5) is 38.9. The molecule has 0 unspecified atom stereocenters. The van der Waals surface area contributed by atoms with Gasteiger partial charge in [-0.2, -0.15) is 8.61 Å². The Morgan fingerprint density at radius 3 is 2.11 bits per heavy atom. The summed E-state index contributed by atoms with van der Waals surface area (Å²) in [5.41, 5.74) is 5.33. The number of amides is 3. The lowest BCUT2D eigenvalue weighted by atomic mass is 9.98. The van der Waals surface area contributed by atoms with E-state index in [0.29, 0.717) is 68.0 Å². The number of fused-ring (bicyclic) bond motifs is 1. The van der Waals surface area contributed by atoms with Gasteiger partial charge in [0.15, 0.2) is 6.61 Å².